The van der Waals surface area contributed by atoms with Crippen LogP contribution in [0, 0.1) is 0 Å². The summed E-state index contributed by atoms with van der Waals surface area (Å²) in [4.78, 5) is 26.1. The van der Waals surface area contributed by atoms with E-state index < -0.39 is 0 Å². The molecule has 0 spiro atoms. The number of nitrogens with zero attached hydrogens (tertiary/aromatic N) is 2. The molecule has 78 valence electrons. The van der Waals surface area contributed by atoms with Gasteiger partial charge < -0.3 is 9.80 Å². The molecule has 1 rings (SSSR count). The maximum atomic E-state index is 11.3. The Morgan fingerprint density at radius 3 is 1.93 bits per heavy atom. The monoisotopic (exact) mass is 196 g/mol. The average molecular weight is 196 g/mol. The van der Waals surface area contributed by atoms with Gasteiger partial charge in [0.25, 0.3) is 10.9 Å². The van der Waals surface area contributed by atoms with Crippen molar-refractivity contribution in [3.8, 4) is 0 Å². The van der Waals surface area contributed by atoms with E-state index in [1.54, 1.807) is 19.0 Å². The smallest absolute Gasteiger partial charge is 0.253 e. The fraction of sp³-hybridized carbons (Fsp3) is 0.600. The number of hydrogen-bond donors (Lipinski definition) is 0. The minimum Gasteiger partial charge on any atom is -0.373 e. The van der Waals surface area contributed by atoms with E-state index in [-0.39, 0.29) is 10.9 Å². The molecule has 0 atom stereocenters. The van der Waals surface area contributed by atoms with Crippen LogP contribution in [-0.4, -0.2) is 27.7 Å². The van der Waals surface area contributed by atoms with Crippen molar-refractivity contribution in [3.05, 3.63) is 20.4 Å². The summed E-state index contributed by atoms with van der Waals surface area (Å²) in [5.74, 6) is 0. The lowest BCUT2D eigenvalue weighted by Crippen LogP contribution is -2.43. The van der Waals surface area contributed by atoms with Crippen molar-refractivity contribution in [1.29, 1.82) is 0 Å². The van der Waals surface area contributed by atoms with Crippen LogP contribution in [0.25, 0.3) is 0 Å². The van der Waals surface area contributed by atoms with E-state index >= 15 is 0 Å². The number of anilines is 2. The molecule has 0 heterocycles. The molecule has 0 saturated carbocycles. The van der Waals surface area contributed by atoms with E-state index in [1.165, 1.54) is 0 Å². The number of rotatable bonds is 4. The molecular weight excluding hydrogens is 180 g/mol. The van der Waals surface area contributed by atoms with Crippen LogP contribution in [-0.2, 0) is 0 Å². The fourth-order valence-electron chi connectivity index (χ4n) is 1.58. The van der Waals surface area contributed by atoms with Gasteiger partial charge in [0.05, 0.1) is 0 Å². The van der Waals surface area contributed by atoms with Crippen LogP contribution < -0.4 is 20.7 Å². The van der Waals surface area contributed by atoms with Gasteiger partial charge >= 0.3 is 0 Å². The summed E-state index contributed by atoms with van der Waals surface area (Å²) in [5, 5.41) is 0. The van der Waals surface area contributed by atoms with E-state index in [9.17, 15) is 9.59 Å². The van der Waals surface area contributed by atoms with Crippen LogP contribution in [0.5, 0.6) is 0 Å². The molecule has 0 bridgehead atoms. The molecule has 0 saturated heterocycles. The zero-order valence-corrected chi connectivity index (χ0v) is 9.13. The van der Waals surface area contributed by atoms with Crippen LogP contribution in [0.15, 0.2) is 9.59 Å². The summed E-state index contributed by atoms with van der Waals surface area (Å²) in [7, 11) is 5.39. The molecule has 0 aliphatic heterocycles. The fourth-order valence-corrected chi connectivity index (χ4v) is 1.58. The Bertz CT molecular complexity index is 389. The molecular formula is C10H16N2O2. The van der Waals surface area contributed by atoms with Gasteiger partial charge in [-0.05, 0) is 6.42 Å². The second-order valence-electron chi connectivity index (χ2n) is 3.67. The lowest BCUT2D eigenvalue weighted by Gasteiger charge is -2.25. The summed E-state index contributed by atoms with van der Waals surface area (Å²) in [6.45, 7) is 2.84. The third kappa shape index (κ3) is 1.52. The zero-order valence-electron chi connectivity index (χ0n) is 9.13. The largest absolute Gasteiger partial charge is 0.373 e. The standard InChI is InChI=1S/C10H16N2O2/c1-5-6-12(4)8-7(11(2)3)9(13)10(8)14/h5-6H2,1-4H3. The second-order valence-corrected chi connectivity index (χ2v) is 3.67. The molecule has 0 aliphatic carbocycles. The summed E-state index contributed by atoms with van der Waals surface area (Å²) in [6.07, 6.45) is 0.960. The first-order valence-electron chi connectivity index (χ1n) is 4.72. The second kappa shape index (κ2) is 3.82. The third-order valence-corrected chi connectivity index (χ3v) is 2.25. The molecule has 0 aromatic heterocycles. The maximum absolute atomic E-state index is 11.3. The van der Waals surface area contributed by atoms with Gasteiger partial charge in [-0.2, -0.15) is 0 Å². The lowest BCUT2D eigenvalue weighted by atomic mass is 10.1. The van der Waals surface area contributed by atoms with Gasteiger partial charge in [-0.3, -0.25) is 9.59 Å². The first kappa shape index (κ1) is 10.8. The Balaban J connectivity index is 3.04. The Morgan fingerprint density at radius 2 is 1.50 bits per heavy atom. The minimum atomic E-state index is -0.368. The molecule has 0 radical (unpaired) electrons. The SMILES string of the molecule is CCCN(C)c1c(N(C)C)c(=O)c1=O. The van der Waals surface area contributed by atoms with Crippen LogP contribution in [0.2, 0.25) is 0 Å². The topological polar surface area (TPSA) is 40.6 Å². The van der Waals surface area contributed by atoms with Crippen molar-refractivity contribution in [2.45, 2.75) is 13.3 Å². The van der Waals surface area contributed by atoms with E-state index in [2.05, 4.69) is 0 Å². The van der Waals surface area contributed by atoms with Crippen molar-refractivity contribution < 1.29 is 0 Å². The molecule has 4 heteroatoms. The highest BCUT2D eigenvalue weighted by atomic mass is 16.2. The van der Waals surface area contributed by atoms with Crippen LogP contribution >= 0.6 is 0 Å². The molecule has 1 aromatic rings. The summed E-state index contributed by atoms with van der Waals surface area (Å²) < 4.78 is 0. The van der Waals surface area contributed by atoms with E-state index in [4.69, 9.17) is 0 Å². The van der Waals surface area contributed by atoms with Crippen molar-refractivity contribution in [3.63, 3.8) is 0 Å². The van der Waals surface area contributed by atoms with Crippen molar-refractivity contribution in [1.82, 2.24) is 0 Å². The van der Waals surface area contributed by atoms with E-state index in [0.717, 1.165) is 13.0 Å². The van der Waals surface area contributed by atoms with Crippen molar-refractivity contribution in [2.75, 3.05) is 37.5 Å². The highest BCUT2D eigenvalue weighted by molar-refractivity contribution is 5.75. The Kier molecular flexibility index (Phi) is 2.93. The van der Waals surface area contributed by atoms with Crippen molar-refractivity contribution >= 4 is 11.4 Å². The highest BCUT2D eigenvalue weighted by Gasteiger charge is 2.24. The normalized spacial score (nSPS) is 10.6. The molecule has 0 fully saturated rings. The van der Waals surface area contributed by atoms with Crippen LogP contribution in [0.1, 0.15) is 13.3 Å². The first-order chi connectivity index (χ1) is 6.50. The average Bonchev–Trinajstić information content (AvgIpc) is 2.11. The van der Waals surface area contributed by atoms with Gasteiger partial charge in [0.15, 0.2) is 0 Å². The van der Waals surface area contributed by atoms with Crippen LogP contribution in [0.3, 0.4) is 0 Å². The molecule has 0 amide bonds. The summed E-state index contributed by atoms with van der Waals surface area (Å²) in [6, 6.07) is 0. The molecule has 14 heavy (non-hydrogen) atoms. The van der Waals surface area contributed by atoms with Crippen LogP contribution in [0.4, 0.5) is 11.4 Å². The van der Waals surface area contributed by atoms with Gasteiger partial charge in [0.2, 0.25) is 0 Å². The molecule has 0 N–H and O–H groups in total. The Labute approximate surface area is 83.4 Å². The van der Waals surface area contributed by atoms with Crippen molar-refractivity contribution in [2.24, 2.45) is 0 Å². The number of hydrogen-bond acceptors (Lipinski definition) is 4. The quantitative estimate of drug-likeness (QED) is 0.645. The Hall–Kier alpha value is -1.32. The minimum absolute atomic E-state index is 0.357. The molecule has 4 nitrogen and oxygen atoms in total. The summed E-state index contributed by atoms with van der Waals surface area (Å²) in [5.41, 5.74) is 0.366. The zero-order chi connectivity index (χ0) is 10.9. The predicted octanol–water partition coefficient (Wildman–Crippen LogP) is 0.195. The van der Waals surface area contributed by atoms with Gasteiger partial charge in [0, 0.05) is 27.7 Å². The van der Waals surface area contributed by atoms with Gasteiger partial charge in [-0.15, -0.1) is 0 Å². The predicted molar refractivity (Wildman–Crippen MR) is 59.2 cm³/mol. The maximum Gasteiger partial charge on any atom is 0.253 e. The highest BCUT2D eigenvalue weighted by Crippen LogP contribution is 2.20. The van der Waals surface area contributed by atoms with Gasteiger partial charge in [-0.1, -0.05) is 6.92 Å². The first-order valence-corrected chi connectivity index (χ1v) is 4.72. The molecule has 1 aromatic carbocycles. The third-order valence-electron chi connectivity index (χ3n) is 2.25. The molecule has 0 unspecified atom stereocenters. The lowest BCUT2D eigenvalue weighted by molar-refractivity contribution is 0.840. The molecule has 0 aliphatic rings. The summed E-state index contributed by atoms with van der Waals surface area (Å²) >= 11 is 0. The van der Waals surface area contributed by atoms with Gasteiger partial charge in [0.1, 0.15) is 11.4 Å². The Morgan fingerprint density at radius 1 is 1.00 bits per heavy atom. The van der Waals surface area contributed by atoms with E-state index in [0.29, 0.717) is 11.4 Å². The van der Waals surface area contributed by atoms with E-state index in [1.807, 2.05) is 18.9 Å². The van der Waals surface area contributed by atoms with Gasteiger partial charge in [-0.25, -0.2) is 0 Å².